The molecular formula is C12H20N4O2S. The number of rotatable bonds is 8. The van der Waals surface area contributed by atoms with Gasteiger partial charge in [0.1, 0.15) is 0 Å². The van der Waals surface area contributed by atoms with E-state index >= 15 is 0 Å². The van der Waals surface area contributed by atoms with E-state index in [1.165, 1.54) is 24.6 Å². The van der Waals surface area contributed by atoms with Gasteiger partial charge in [0.05, 0.1) is 5.75 Å². The first-order chi connectivity index (χ1) is 9.11. The minimum atomic E-state index is -0.835. The highest BCUT2D eigenvalue weighted by Crippen LogP contribution is 2.31. The SMILES string of the molecule is CCCN(CC1CC1)c1nnc(SCC(=O)O)n1C. The van der Waals surface area contributed by atoms with E-state index in [9.17, 15) is 4.79 Å². The molecule has 0 radical (unpaired) electrons. The van der Waals surface area contributed by atoms with Gasteiger partial charge in [-0.3, -0.25) is 9.36 Å². The molecule has 0 amide bonds. The van der Waals surface area contributed by atoms with Gasteiger partial charge in [-0.25, -0.2) is 0 Å². The number of aromatic nitrogens is 3. The molecule has 2 rings (SSSR count). The van der Waals surface area contributed by atoms with Gasteiger partial charge < -0.3 is 10.0 Å². The Labute approximate surface area is 117 Å². The molecule has 7 heteroatoms. The number of nitrogens with zero attached hydrogens (tertiary/aromatic N) is 4. The third-order valence-corrected chi connectivity index (χ3v) is 4.09. The second kappa shape index (κ2) is 6.27. The van der Waals surface area contributed by atoms with Crippen LogP contribution in [0.4, 0.5) is 5.95 Å². The lowest BCUT2D eigenvalue weighted by Crippen LogP contribution is -2.29. The second-order valence-corrected chi connectivity index (χ2v) is 5.86. The van der Waals surface area contributed by atoms with Crippen LogP contribution in [0.2, 0.25) is 0 Å². The largest absolute Gasteiger partial charge is 0.481 e. The summed E-state index contributed by atoms with van der Waals surface area (Å²) in [4.78, 5) is 12.9. The summed E-state index contributed by atoms with van der Waals surface area (Å²) in [5.74, 6) is 0.820. The Kier molecular flexibility index (Phi) is 4.68. The normalized spacial score (nSPS) is 14.6. The summed E-state index contributed by atoms with van der Waals surface area (Å²) >= 11 is 1.21. The molecule has 0 bridgehead atoms. The molecule has 1 aromatic heterocycles. The zero-order valence-corrected chi connectivity index (χ0v) is 12.2. The van der Waals surface area contributed by atoms with Gasteiger partial charge in [-0.05, 0) is 25.2 Å². The topological polar surface area (TPSA) is 71.2 Å². The highest BCUT2D eigenvalue weighted by atomic mass is 32.2. The zero-order valence-electron chi connectivity index (χ0n) is 11.4. The highest BCUT2D eigenvalue weighted by Gasteiger charge is 2.26. The minimum Gasteiger partial charge on any atom is -0.481 e. The summed E-state index contributed by atoms with van der Waals surface area (Å²) in [5, 5.41) is 17.7. The van der Waals surface area contributed by atoms with Gasteiger partial charge >= 0.3 is 5.97 Å². The van der Waals surface area contributed by atoms with Crippen molar-refractivity contribution in [3.8, 4) is 0 Å². The van der Waals surface area contributed by atoms with Crippen molar-refractivity contribution in [1.29, 1.82) is 0 Å². The number of carbonyl (C=O) groups is 1. The Morgan fingerprint density at radius 1 is 1.53 bits per heavy atom. The predicted octanol–water partition coefficient (Wildman–Crippen LogP) is 1.62. The van der Waals surface area contributed by atoms with E-state index in [0.717, 1.165) is 31.4 Å². The molecule has 19 heavy (non-hydrogen) atoms. The number of anilines is 1. The van der Waals surface area contributed by atoms with Gasteiger partial charge in [0.15, 0.2) is 5.16 Å². The molecule has 0 aromatic carbocycles. The molecule has 0 saturated heterocycles. The van der Waals surface area contributed by atoms with Gasteiger partial charge in [-0.15, -0.1) is 10.2 Å². The number of carboxylic acids is 1. The summed E-state index contributed by atoms with van der Waals surface area (Å²) in [6.45, 7) is 4.14. The van der Waals surface area contributed by atoms with E-state index in [0.29, 0.717) is 5.16 Å². The van der Waals surface area contributed by atoms with Crippen LogP contribution in [-0.2, 0) is 11.8 Å². The van der Waals surface area contributed by atoms with Crippen molar-refractivity contribution < 1.29 is 9.90 Å². The van der Waals surface area contributed by atoms with Crippen molar-refractivity contribution in [1.82, 2.24) is 14.8 Å². The van der Waals surface area contributed by atoms with Crippen molar-refractivity contribution in [2.75, 3.05) is 23.7 Å². The Balaban J connectivity index is 2.06. The minimum absolute atomic E-state index is 0.0162. The first-order valence-electron chi connectivity index (χ1n) is 6.60. The van der Waals surface area contributed by atoms with E-state index in [2.05, 4.69) is 22.0 Å². The van der Waals surface area contributed by atoms with Crippen LogP contribution >= 0.6 is 11.8 Å². The molecule has 1 N–H and O–H groups in total. The fourth-order valence-corrected chi connectivity index (χ4v) is 2.62. The summed E-state index contributed by atoms with van der Waals surface area (Å²) in [6, 6.07) is 0. The molecule has 1 heterocycles. The third-order valence-electron chi connectivity index (χ3n) is 3.09. The van der Waals surface area contributed by atoms with Crippen LogP contribution in [0.25, 0.3) is 0 Å². The van der Waals surface area contributed by atoms with Gasteiger partial charge in [-0.1, -0.05) is 18.7 Å². The van der Waals surface area contributed by atoms with Crippen LogP contribution in [0.3, 0.4) is 0 Å². The maximum Gasteiger partial charge on any atom is 0.313 e. The van der Waals surface area contributed by atoms with Gasteiger partial charge in [0, 0.05) is 20.1 Å². The second-order valence-electron chi connectivity index (χ2n) is 4.91. The van der Waals surface area contributed by atoms with Crippen LogP contribution in [0, 0.1) is 5.92 Å². The molecule has 6 nitrogen and oxygen atoms in total. The van der Waals surface area contributed by atoms with Crippen LogP contribution in [0.5, 0.6) is 0 Å². The van der Waals surface area contributed by atoms with E-state index in [1.807, 2.05) is 11.6 Å². The molecule has 0 atom stereocenters. The number of carboxylic acid groups (broad SMARTS) is 1. The molecule has 1 saturated carbocycles. The first-order valence-corrected chi connectivity index (χ1v) is 7.59. The lowest BCUT2D eigenvalue weighted by atomic mass is 10.3. The van der Waals surface area contributed by atoms with Crippen molar-refractivity contribution in [2.45, 2.75) is 31.3 Å². The maximum atomic E-state index is 10.6. The summed E-state index contributed by atoms with van der Waals surface area (Å²) < 4.78 is 1.89. The van der Waals surface area contributed by atoms with Crippen LogP contribution in [0.1, 0.15) is 26.2 Å². The fraction of sp³-hybridized carbons (Fsp3) is 0.750. The average molecular weight is 284 g/mol. The number of hydrogen-bond acceptors (Lipinski definition) is 5. The van der Waals surface area contributed by atoms with Gasteiger partial charge in [0.2, 0.25) is 5.95 Å². The monoisotopic (exact) mass is 284 g/mol. The lowest BCUT2D eigenvalue weighted by Gasteiger charge is -2.22. The van der Waals surface area contributed by atoms with Crippen molar-refractivity contribution in [3.63, 3.8) is 0 Å². The van der Waals surface area contributed by atoms with Crippen molar-refractivity contribution in [2.24, 2.45) is 13.0 Å². The summed E-state index contributed by atoms with van der Waals surface area (Å²) in [5.41, 5.74) is 0. The molecule has 1 aliphatic carbocycles. The first kappa shape index (κ1) is 14.2. The predicted molar refractivity (Wildman–Crippen MR) is 74.6 cm³/mol. The smallest absolute Gasteiger partial charge is 0.313 e. The molecule has 1 fully saturated rings. The van der Waals surface area contributed by atoms with Crippen LogP contribution in [0.15, 0.2) is 5.16 Å². The van der Waals surface area contributed by atoms with Crippen LogP contribution < -0.4 is 4.90 Å². The van der Waals surface area contributed by atoms with E-state index in [4.69, 9.17) is 5.11 Å². The number of hydrogen-bond donors (Lipinski definition) is 1. The Hall–Kier alpha value is -1.24. The molecule has 0 unspecified atom stereocenters. The molecule has 1 aliphatic rings. The zero-order chi connectivity index (χ0) is 13.8. The average Bonchev–Trinajstić information content (AvgIpc) is 3.09. The van der Waals surface area contributed by atoms with E-state index in [1.54, 1.807) is 0 Å². The molecule has 0 spiro atoms. The highest BCUT2D eigenvalue weighted by molar-refractivity contribution is 7.99. The molecule has 0 aliphatic heterocycles. The number of thioether (sulfide) groups is 1. The Morgan fingerprint density at radius 2 is 2.26 bits per heavy atom. The van der Waals surface area contributed by atoms with Crippen LogP contribution in [-0.4, -0.2) is 44.7 Å². The van der Waals surface area contributed by atoms with Gasteiger partial charge in [-0.2, -0.15) is 0 Å². The molecule has 1 aromatic rings. The summed E-state index contributed by atoms with van der Waals surface area (Å²) in [7, 11) is 1.90. The Morgan fingerprint density at radius 3 is 2.84 bits per heavy atom. The maximum absolute atomic E-state index is 10.6. The van der Waals surface area contributed by atoms with Gasteiger partial charge in [0.25, 0.3) is 0 Å². The quantitative estimate of drug-likeness (QED) is 0.731. The lowest BCUT2D eigenvalue weighted by molar-refractivity contribution is -0.133. The molecule has 106 valence electrons. The number of aliphatic carboxylic acids is 1. The fourth-order valence-electron chi connectivity index (χ4n) is 1.99. The van der Waals surface area contributed by atoms with E-state index in [-0.39, 0.29) is 5.75 Å². The Bertz CT molecular complexity index is 445. The van der Waals surface area contributed by atoms with Crippen molar-refractivity contribution in [3.05, 3.63) is 0 Å². The molecular weight excluding hydrogens is 264 g/mol. The summed E-state index contributed by atoms with van der Waals surface area (Å²) in [6.07, 6.45) is 3.68. The third kappa shape index (κ3) is 3.86. The van der Waals surface area contributed by atoms with E-state index < -0.39 is 5.97 Å². The standard InChI is InChI=1S/C12H20N4O2S/c1-3-6-16(7-9-4-5-9)11-13-14-12(15(11)2)19-8-10(17)18/h9H,3-8H2,1-2H3,(H,17,18). The van der Waals surface area contributed by atoms with Crippen molar-refractivity contribution >= 4 is 23.7 Å².